The van der Waals surface area contributed by atoms with Crippen molar-refractivity contribution in [3.63, 3.8) is 0 Å². The summed E-state index contributed by atoms with van der Waals surface area (Å²) in [5.41, 5.74) is 2.61. The molecule has 0 amide bonds. The highest BCUT2D eigenvalue weighted by molar-refractivity contribution is 5.89. The van der Waals surface area contributed by atoms with Gasteiger partial charge in [0.2, 0.25) is 11.6 Å². The molecule has 0 aromatic heterocycles. The van der Waals surface area contributed by atoms with Crippen molar-refractivity contribution in [3.05, 3.63) is 119 Å². The van der Waals surface area contributed by atoms with Gasteiger partial charge in [0, 0.05) is 22.3 Å². The molecule has 6 nitrogen and oxygen atoms in total. The summed E-state index contributed by atoms with van der Waals surface area (Å²) in [6.45, 7) is 16.8. The monoisotopic (exact) mass is 680 g/mol. The van der Waals surface area contributed by atoms with E-state index >= 15 is 0 Å². The summed E-state index contributed by atoms with van der Waals surface area (Å²) in [4.78, 5) is 34.5. The van der Waals surface area contributed by atoms with Crippen LogP contribution >= 0.6 is 0 Å². The third kappa shape index (κ3) is 10.2. The zero-order valence-corrected chi connectivity index (χ0v) is 28.1. The Hall–Kier alpha value is -4.99. The van der Waals surface area contributed by atoms with Crippen LogP contribution in [-0.4, -0.2) is 24.0 Å². The number of benzene rings is 3. The van der Waals surface area contributed by atoms with Crippen molar-refractivity contribution >= 4 is 17.9 Å². The molecule has 0 heterocycles. The molecule has 0 bridgehead atoms. The zero-order chi connectivity index (χ0) is 36.4. The molecule has 0 spiro atoms. The highest BCUT2D eigenvalue weighted by Gasteiger charge is 2.29. The molecule has 0 atom stereocenters. The first-order valence-corrected chi connectivity index (χ1v) is 15.8. The number of hydrogen-bond acceptors (Lipinski definition) is 6. The minimum Gasteiger partial charge on any atom is -0.459 e. The lowest BCUT2D eigenvalue weighted by Gasteiger charge is -2.29. The van der Waals surface area contributed by atoms with E-state index < -0.39 is 52.7 Å². The van der Waals surface area contributed by atoms with Crippen LogP contribution in [0.25, 0.3) is 11.1 Å². The van der Waals surface area contributed by atoms with Gasteiger partial charge in [0.1, 0.15) is 6.10 Å². The normalized spacial score (nSPS) is 15.3. The molecule has 4 rings (SSSR count). The second kappa shape index (κ2) is 17.4. The molecule has 49 heavy (non-hydrogen) atoms. The van der Waals surface area contributed by atoms with Crippen molar-refractivity contribution < 1.29 is 46.2 Å². The summed E-state index contributed by atoms with van der Waals surface area (Å²) in [5.74, 6) is -7.55. The molecular weight excluding hydrogens is 640 g/mol. The van der Waals surface area contributed by atoms with Crippen LogP contribution in [0.15, 0.2) is 85.0 Å². The number of hydrogen-bond donors (Lipinski definition) is 0. The highest BCUT2D eigenvalue weighted by Crippen LogP contribution is 2.38. The fourth-order valence-electron chi connectivity index (χ4n) is 5.03. The van der Waals surface area contributed by atoms with Crippen molar-refractivity contribution in [2.45, 2.75) is 78.2 Å². The number of carbonyl (C=O) groups is 3. The lowest BCUT2D eigenvalue weighted by molar-refractivity contribution is -0.145. The van der Waals surface area contributed by atoms with Gasteiger partial charge in [-0.2, -0.15) is 8.78 Å². The Bertz CT molecular complexity index is 1740. The number of carbonyl (C=O) groups excluding carboxylic acids is 3. The molecule has 0 aliphatic heterocycles. The third-order valence-electron chi connectivity index (χ3n) is 7.77. The van der Waals surface area contributed by atoms with E-state index in [0.29, 0.717) is 36.8 Å². The quantitative estimate of drug-likeness (QED) is 0.0919. The van der Waals surface area contributed by atoms with Crippen LogP contribution in [0.3, 0.4) is 0 Å². The fourth-order valence-corrected chi connectivity index (χ4v) is 5.03. The maximum Gasteiger partial charge on any atom is 0.338 e. The molecule has 10 heteroatoms. The van der Waals surface area contributed by atoms with Crippen LogP contribution < -0.4 is 9.47 Å². The molecule has 0 saturated heterocycles. The fraction of sp³-hybridized carbons (Fsp3) is 0.308. The number of halogens is 4. The average Bonchev–Trinajstić information content (AvgIpc) is 3.06. The van der Waals surface area contributed by atoms with E-state index in [-0.39, 0.29) is 34.3 Å². The van der Waals surface area contributed by atoms with E-state index in [1.165, 1.54) is 38.1 Å². The van der Waals surface area contributed by atoms with Crippen LogP contribution in [-0.2, 0) is 25.5 Å². The minimum atomic E-state index is -1.19. The molecule has 260 valence electrons. The summed E-state index contributed by atoms with van der Waals surface area (Å²) < 4.78 is 71.9. The van der Waals surface area contributed by atoms with Gasteiger partial charge in [0.15, 0.2) is 23.1 Å². The number of esters is 3. The van der Waals surface area contributed by atoms with Crippen LogP contribution in [0, 0.1) is 23.3 Å². The Kier molecular flexibility index (Phi) is 13.7. The highest BCUT2D eigenvalue weighted by atomic mass is 19.2. The Morgan fingerprint density at radius 1 is 0.653 bits per heavy atom. The van der Waals surface area contributed by atoms with E-state index in [1.54, 1.807) is 19.1 Å². The summed E-state index contributed by atoms with van der Waals surface area (Å²) in [5, 5.41) is 0. The summed E-state index contributed by atoms with van der Waals surface area (Å²) in [7, 11) is 0. The second-order valence-corrected chi connectivity index (χ2v) is 12.0. The Labute approximate surface area is 284 Å². The largest absolute Gasteiger partial charge is 0.459 e. The number of rotatable bonds is 10. The molecule has 0 radical (unpaired) electrons. The van der Waals surface area contributed by atoms with Crippen molar-refractivity contribution in [1.29, 1.82) is 0 Å². The van der Waals surface area contributed by atoms with Crippen LogP contribution in [0.1, 0.15) is 76.8 Å². The van der Waals surface area contributed by atoms with Gasteiger partial charge in [-0.3, -0.25) is 0 Å². The van der Waals surface area contributed by atoms with Gasteiger partial charge in [-0.25, -0.2) is 23.2 Å². The van der Waals surface area contributed by atoms with E-state index in [9.17, 15) is 31.9 Å². The van der Waals surface area contributed by atoms with Gasteiger partial charge in [0.05, 0.1) is 0 Å². The van der Waals surface area contributed by atoms with Gasteiger partial charge in [0.25, 0.3) is 0 Å². The second-order valence-electron chi connectivity index (χ2n) is 12.0. The SMILES string of the molecule is C=C(C)C(=O)Oc1ccc(-c2ccc(CCC)cc2)c(F)c1F.C=C(C)C(=O)Oc1ccc(C2CCC(OC(=O)C(=C)C)CC2)c(F)c1F. The molecule has 1 aliphatic rings. The first-order chi connectivity index (χ1) is 23.1. The number of ether oxygens (including phenoxy) is 3. The summed E-state index contributed by atoms with van der Waals surface area (Å²) in [6, 6.07) is 12.6. The maximum absolute atomic E-state index is 14.4. The average molecular weight is 681 g/mol. The number of aryl methyl sites for hydroxylation is 1. The first-order valence-electron chi connectivity index (χ1n) is 15.8. The lowest BCUT2D eigenvalue weighted by atomic mass is 9.82. The van der Waals surface area contributed by atoms with Gasteiger partial charge < -0.3 is 14.2 Å². The predicted molar refractivity (Wildman–Crippen MR) is 179 cm³/mol. The standard InChI is InChI=1S/C20H22F2O4.C19H18F2O2/c1-11(2)19(23)25-14-7-5-13(6-8-14)15-9-10-16(18(22)17(15)21)26-20(24)12(3)4;1-4-5-13-6-8-14(9-7-13)15-10-11-16(18(21)17(15)20)23-19(22)12(2)3/h9-10,13-14H,1,3,5-8H2,2,4H3;6-11H,2,4-5H2,1,3H3. The topological polar surface area (TPSA) is 78.9 Å². The minimum absolute atomic E-state index is 0.0940. The molecule has 0 unspecified atom stereocenters. The van der Waals surface area contributed by atoms with Gasteiger partial charge in [-0.1, -0.05) is 63.4 Å². The Morgan fingerprint density at radius 2 is 1.14 bits per heavy atom. The molecule has 0 N–H and O–H groups in total. The maximum atomic E-state index is 14.4. The smallest absolute Gasteiger partial charge is 0.338 e. The van der Waals surface area contributed by atoms with Crippen molar-refractivity contribution in [2.24, 2.45) is 0 Å². The van der Waals surface area contributed by atoms with Crippen LogP contribution in [0.4, 0.5) is 17.6 Å². The van der Waals surface area contributed by atoms with Crippen LogP contribution in [0.2, 0.25) is 0 Å². The van der Waals surface area contributed by atoms with Gasteiger partial charge >= 0.3 is 17.9 Å². The van der Waals surface area contributed by atoms with Crippen molar-refractivity contribution in [2.75, 3.05) is 0 Å². The lowest BCUT2D eigenvalue weighted by Crippen LogP contribution is -2.24. The molecule has 1 aliphatic carbocycles. The van der Waals surface area contributed by atoms with Crippen molar-refractivity contribution in [1.82, 2.24) is 0 Å². The Balaban J connectivity index is 0.000000267. The molecule has 3 aromatic carbocycles. The summed E-state index contributed by atoms with van der Waals surface area (Å²) in [6.07, 6.45) is 3.98. The van der Waals surface area contributed by atoms with Crippen molar-refractivity contribution in [3.8, 4) is 22.6 Å². The van der Waals surface area contributed by atoms with E-state index in [1.807, 2.05) is 12.1 Å². The molecule has 1 fully saturated rings. The van der Waals surface area contributed by atoms with E-state index in [0.717, 1.165) is 18.4 Å². The predicted octanol–water partition coefficient (Wildman–Crippen LogP) is 9.66. The zero-order valence-electron chi connectivity index (χ0n) is 28.1. The molecule has 1 saturated carbocycles. The van der Waals surface area contributed by atoms with E-state index in [4.69, 9.17) is 14.2 Å². The van der Waals surface area contributed by atoms with Crippen LogP contribution in [0.5, 0.6) is 11.5 Å². The van der Waals surface area contributed by atoms with E-state index in [2.05, 4.69) is 26.7 Å². The third-order valence-corrected chi connectivity index (χ3v) is 7.77. The van der Waals surface area contributed by atoms with Gasteiger partial charge in [-0.05, 0) is 93.7 Å². The Morgan fingerprint density at radius 3 is 1.63 bits per heavy atom. The molecular formula is C39H40F4O6. The van der Waals surface area contributed by atoms with Gasteiger partial charge in [-0.15, -0.1) is 0 Å². The summed E-state index contributed by atoms with van der Waals surface area (Å²) >= 11 is 0. The molecule has 3 aromatic rings. The first kappa shape index (κ1) is 38.5.